The molecule has 0 amide bonds. The van der Waals surface area contributed by atoms with Gasteiger partial charge in [0, 0.05) is 0 Å². The molecular weight excluding hydrogens is 236 g/mol. The van der Waals surface area contributed by atoms with Crippen LogP contribution in [0.3, 0.4) is 0 Å². The molecule has 3 atom stereocenters. The molecule has 3 rings (SSSR count). The Bertz CT molecular complexity index is 470. The summed E-state index contributed by atoms with van der Waals surface area (Å²) in [5, 5.41) is 0. The number of Topliss-reactive ketones (excluding diaryl/α,β-unsaturated/α-hetero) is 1. The van der Waals surface area contributed by atoms with E-state index in [2.05, 4.69) is 0 Å². The molecule has 0 spiro atoms. The molecule has 94 valence electrons. The van der Waals surface area contributed by atoms with Gasteiger partial charge in [0.25, 0.3) is 0 Å². The molecular formula is C13H12O5. The van der Waals surface area contributed by atoms with E-state index in [4.69, 9.17) is 14.2 Å². The molecule has 0 saturated carbocycles. The zero-order chi connectivity index (χ0) is 12.5. The first-order valence-corrected chi connectivity index (χ1v) is 5.77. The maximum atomic E-state index is 11.9. The molecule has 0 bridgehead atoms. The van der Waals surface area contributed by atoms with Crippen molar-refractivity contribution in [2.75, 3.05) is 13.2 Å². The summed E-state index contributed by atoms with van der Waals surface area (Å²) in [6, 6.07) is 8.71. The summed E-state index contributed by atoms with van der Waals surface area (Å²) in [5.41, 5.74) is 0.477. The third kappa shape index (κ3) is 1.91. The van der Waals surface area contributed by atoms with Gasteiger partial charge in [-0.25, -0.2) is 4.79 Å². The van der Waals surface area contributed by atoms with Crippen LogP contribution in [0.4, 0.5) is 0 Å². The fourth-order valence-electron chi connectivity index (χ4n) is 2.20. The Labute approximate surface area is 104 Å². The van der Waals surface area contributed by atoms with Gasteiger partial charge in [-0.05, 0) is 12.1 Å². The van der Waals surface area contributed by atoms with Crippen LogP contribution in [0.2, 0.25) is 0 Å². The van der Waals surface area contributed by atoms with E-state index in [1.54, 1.807) is 24.3 Å². The lowest BCUT2D eigenvalue weighted by Crippen LogP contribution is -2.33. The highest BCUT2D eigenvalue weighted by atomic mass is 16.6. The summed E-state index contributed by atoms with van der Waals surface area (Å²) < 4.78 is 15.9. The fraction of sp³-hybridized carbons (Fsp3) is 0.385. The average molecular weight is 248 g/mol. The topological polar surface area (TPSA) is 61.8 Å². The summed E-state index contributed by atoms with van der Waals surface area (Å²) in [6.45, 7) is 0.244. The van der Waals surface area contributed by atoms with Gasteiger partial charge >= 0.3 is 5.97 Å². The number of hydrogen-bond acceptors (Lipinski definition) is 5. The van der Waals surface area contributed by atoms with Crippen molar-refractivity contribution in [1.82, 2.24) is 0 Å². The molecule has 5 nitrogen and oxygen atoms in total. The van der Waals surface area contributed by atoms with E-state index in [1.807, 2.05) is 6.07 Å². The second kappa shape index (κ2) is 4.51. The van der Waals surface area contributed by atoms with Gasteiger partial charge in [0.05, 0.1) is 12.2 Å². The molecule has 1 aromatic rings. The molecule has 2 heterocycles. The first-order chi connectivity index (χ1) is 8.75. The van der Waals surface area contributed by atoms with Crippen LogP contribution in [0.5, 0.6) is 0 Å². The molecule has 0 aliphatic carbocycles. The van der Waals surface area contributed by atoms with E-state index in [9.17, 15) is 9.59 Å². The predicted octanol–water partition coefficient (Wildman–Crippen LogP) is 0.579. The Kier molecular flexibility index (Phi) is 2.85. The van der Waals surface area contributed by atoms with Gasteiger partial charge in [-0.2, -0.15) is 0 Å². The highest BCUT2D eigenvalue weighted by molar-refractivity contribution is 5.90. The van der Waals surface area contributed by atoms with Crippen molar-refractivity contribution in [3.8, 4) is 0 Å². The van der Waals surface area contributed by atoms with Crippen LogP contribution in [0.25, 0.3) is 0 Å². The monoisotopic (exact) mass is 248 g/mol. The van der Waals surface area contributed by atoms with E-state index in [1.165, 1.54) is 0 Å². The Morgan fingerprint density at radius 2 is 2.00 bits per heavy atom. The number of ketones is 1. The molecule has 2 aliphatic rings. The van der Waals surface area contributed by atoms with Crippen molar-refractivity contribution in [2.45, 2.75) is 18.3 Å². The van der Waals surface area contributed by atoms with Gasteiger partial charge < -0.3 is 14.2 Å². The third-order valence-corrected chi connectivity index (χ3v) is 3.11. The lowest BCUT2D eigenvalue weighted by molar-refractivity contribution is -0.125. The van der Waals surface area contributed by atoms with E-state index in [-0.39, 0.29) is 19.0 Å². The maximum absolute atomic E-state index is 11.9. The molecule has 5 heteroatoms. The Balaban J connectivity index is 1.68. The number of carbonyl (C=O) groups excluding carboxylic acids is 2. The van der Waals surface area contributed by atoms with Gasteiger partial charge in [-0.15, -0.1) is 0 Å². The summed E-state index contributed by atoms with van der Waals surface area (Å²) in [5.74, 6) is -0.508. The SMILES string of the molecule is O=C(O[C@@H]1CO[C@@H]2C(=O)CO[C@@H]21)c1ccccc1. The van der Waals surface area contributed by atoms with Crippen LogP contribution in [0.15, 0.2) is 30.3 Å². The second-order valence-corrected chi connectivity index (χ2v) is 4.31. The number of hydrogen-bond donors (Lipinski definition) is 0. The molecule has 0 aromatic heterocycles. The van der Waals surface area contributed by atoms with E-state index in [0.29, 0.717) is 5.56 Å². The zero-order valence-corrected chi connectivity index (χ0v) is 9.57. The number of benzene rings is 1. The lowest BCUT2D eigenvalue weighted by atomic mass is 10.1. The van der Waals surface area contributed by atoms with E-state index < -0.39 is 24.3 Å². The minimum Gasteiger partial charge on any atom is -0.453 e. The quantitative estimate of drug-likeness (QED) is 0.716. The average Bonchev–Trinajstić information content (AvgIpc) is 2.95. The minimum atomic E-state index is -0.571. The first kappa shape index (κ1) is 11.4. The van der Waals surface area contributed by atoms with Crippen molar-refractivity contribution < 1.29 is 23.8 Å². The summed E-state index contributed by atoms with van der Waals surface area (Å²) >= 11 is 0. The minimum absolute atomic E-state index is 0.0364. The summed E-state index contributed by atoms with van der Waals surface area (Å²) in [4.78, 5) is 23.2. The maximum Gasteiger partial charge on any atom is 0.338 e. The summed E-state index contributed by atoms with van der Waals surface area (Å²) in [6.07, 6.45) is -1.53. The smallest absolute Gasteiger partial charge is 0.338 e. The van der Waals surface area contributed by atoms with Crippen molar-refractivity contribution in [1.29, 1.82) is 0 Å². The number of esters is 1. The highest BCUT2D eigenvalue weighted by Gasteiger charge is 2.49. The molecule has 0 unspecified atom stereocenters. The van der Waals surface area contributed by atoms with Gasteiger partial charge in [0.2, 0.25) is 0 Å². The van der Waals surface area contributed by atoms with Gasteiger partial charge in [-0.3, -0.25) is 4.79 Å². The number of ether oxygens (including phenoxy) is 3. The second-order valence-electron chi connectivity index (χ2n) is 4.31. The van der Waals surface area contributed by atoms with Crippen LogP contribution in [-0.2, 0) is 19.0 Å². The van der Waals surface area contributed by atoms with Crippen LogP contribution >= 0.6 is 0 Å². The molecule has 2 saturated heterocycles. The Hall–Kier alpha value is -1.72. The lowest BCUT2D eigenvalue weighted by Gasteiger charge is -2.15. The van der Waals surface area contributed by atoms with Crippen LogP contribution in [0, 0.1) is 0 Å². The summed E-state index contributed by atoms with van der Waals surface area (Å²) in [7, 11) is 0. The molecule has 0 N–H and O–H groups in total. The van der Waals surface area contributed by atoms with Crippen LogP contribution in [0.1, 0.15) is 10.4 Å². The van der Waals surface area contributed by atoms with E-state index in [0.717, 1.165) is 0 Å². The molecule has 18 heavy (non-hydrogen) atoms. The van der Waals surface area contributed by atoms with E-state index >= 15 is 0 Å². The molecule has 0 radical (unpaired) electrons. The van der Waals surface area contributed by atoms with Gasteiger partial charge in [-0.1, -0.05) is 18.2 Å². The molecule has 2 fully saturated rings. The molecule has 1 aromatic carbocycles. The van der Waals surface area contributed by atoms with Crippen molar-refractivity contribution in [3.63, 3.8) is 0 Å². The third-order valence-electron chi connectivity index (χ3n) is 3.11. The number of carbonyl (C=O) groups is 2. The van der Waals surface area contributed by atoms with Crippen molar-refractivity contribution in [3.05, 3.63) is 35.9 Å². The van der Waals surface area contributed by atoms with Crippen molar-refractivity contribution >= 4 is 11.8 Å². The van der Waals surface area contributed by atoms with Crippen molar-refractivity contribution in [2.24, 2.45) is 0 Å². The molecule has 2 aliphatic heterocycles. The zero-order valence-electron chi connectivity index (χ0n) is 9.57. The van der Waals surface area contributed by atoms with Crippen LogP contribution in [-0.4, -0.2) is 43.3 Å². The van der Waals surface area contributed by atoms with Gasteiger partial charge in [0.1, 0.15) is 18.8 Å². The highest BCUT2D eigenvalue weighted by Crippen LogP contribution is 2.26. The fourth-order valence-corrected chi connectivity index (χ4v) is 2.20. The number of fused-ring (bicyclic) bond motifs is 1. The standard InChI is InChI=1S/C13H12O5/c14-9-6-16-12-10(7-17-11(9)12)18-13(15)8-4-2-1-3-5-8/h1-5,10-12H,6-7H2/t10-,11-,12-/m1/s1. The predicted molar refractivity (Wildman–Crippen MR) is 60.1 cm³/mol. The normalized spacial score (nSPS) is 30.2. The largest absolute Gasteiger partial charge is 0.453 e. The number of rotatable bonds is 2. The van der Waals surface area contributed by atoms with Gasteiger partial charge in [0.15, 0.2) is 11.9 Å². The van der Waals surface area contributed by atoms with Crippen LogP contribution < -0.4 is 0 Å². The Morgan fingerprint density at radius 3 is 2.78 bits per heavy atom. The first-order valence-electron chi connectivity index (χ1n) is 5.77. The Morgan fingerprint density at radius 1 is 1.22 bits per heavy atom.